The summed E-state index contributed by atoms with van der Waals surface area (Å²) in [5.41, 5.74) is 6.49. The van der Waals surface area contributed by atoms with Crippen molar-refractivity contribution in [3.8, 4) is 5.75 Å². The summed E-state index contributed by atoms with van der Waals surface area (Å²) in [7, 11) is 0. The highest BCUT2D eigenvalue weighted by Gasteiger charge is 1.97. The van der Waals surface area contributed by atoms with Gasteiger partial charge in [0, 0.05) is 0 Å². The van der Waals surface area contributed by atoms with Crippen LogP contribution in [0.2, 0.25) is 0 Å². The fourth-order valence-corrected chi connectivity index (χ4v) is 1.50. The average Bonchev–Trinajstić information content (AvgIpc) is 2.25. The van der Waals surface area contributed by atoms with Crippen molar-refractivity contribution in [2.75, 3.05) is 12.3 Å². The highest BCUT2D eigenvalue weighted by Crippen LogP contribution is 2.19. The van der Waals surface area contributed by atoms with Gasteiger partial charge < -0.3 is 10.5 Å². The molecule has 0 aliphatic rings. The van der Waals surface area contributed by atoms with Crippen LogP contribution in [0.5, 0.6) is 5.75 Å². The number of hydrogen-bond donors (Lipinski definition) is 1. The van der Waals surface area contributed by atoms with Crippen molar-refractivity contribution in [2.45, 2.75) is 39.0 Å². The van der Waals surface area contributed by atoms with Crippen LogP contribution in [0.25, 0.3) is 0 Å². The van der Waals surface area contributed by atoms with E-state index >= 15 is 0 Å². The van der Waals surface area contributed by atoms with E-state index in [0.29, 0.717) is 0 Å². The van der Waals surface area contributed by atoms with Gasteiger partial charge in [-0.15, -0.1) is 0 Å². The summed E-state index contributed by atoms with van der Waals surface area (Å²) in [6.07, 6.45) is 6.29. The molecule has 2 heteroatoms. The van der Waals surface area contributed by atoms with Crippen LogP contribution < -0.4 is 10.5 Å². The van der Waals surface area contributed by atoms with Crippen LogP contribution in [0.15, 0.2) is 24.3 Å². The number of nitrogen functional groups attached to an aromatic ring is 1. The van der Waals surface area contributed by atoms with Crippen LogP contribution in [-0.2, 0) is 0 Å². The maximum atomic E-state index is 5.76. The molecule has 2 nitrogen and oxygen atoms in total. The van der Waals surface area contributed by atoms with Crippen LogP contribution in [0, 0.1) is 0 Å². The van der Waals surface area contributed by atoms with Crippen molar-refractivity contribution >= 4 is 5.69 Å². The molecule has 2 N–H and O–H groups in total. The normalized spacial score (nSPS) is 10.2. The van der Waals surface area contributed by atoms with Gasteiger partial charge in [0.15, 0.2) is 0 Å². The van der Waals surface area contributed by atoms with Gasteiger partial charge in [-0.2, -0.15) is 0 Å². The van der Waals surface area contributed by atoms with Gasteiger partial charge in [-0.25, -0.2) is 0 Å². The van der Waals surface area contributed by atoms with E-state index in [2.05, 4.69) is 6.92 Å². The van der Waals surface area contributed by atoms with Crippen molar-refractivity contribution in [3.63, 3.8) is 0 Å². The van der Waals surface area contributed by atoms with Gasteiger partial charge in [0.1, 0.15) is 5.75 Å². The largest absolute Gasteiger partial charge is 0.491 e. The fraction of sp³-hybridized carbons (Fsp3) is 0.538. The Morgan fingerprint density at radius 2 is 1.80 bits per heavy atom. The topological polar surface area (TPSA) is 35.2 Å². The quantitative estimate of drug-likeness (QED) is 0.547. The van der Waals surface area contributed by atoms with Crippen LogP contribution >= 0.6 is 0 Å². The van der Waals surface area contributed by atoms with E-state index < -0.39 is 0 Å². The van der Waals surface area contributed by atoms with E-state index in [1.165, 1.54) is 25.7 Å². The van der Waals surface area contributed by atoms with E-state index in [0.717, 1.165) is 24.5 Å². The second-order valence-electron chi connectivity index (χ2n) is 3.80. The summed E-state index contributed by atoms with van der Waals surface area (Å²) < 4.78 is 5.59. The molecule has 0 aliphatic heterocycles. The van der Waals surface area contributed by atoms with E-state index in [1.54, 1.807) is 0 Å². The summed E-state index contributed by atoms with van der Waals surface area (Å²) >= 11 is 0. The Hall–Kier alpha value is -1.18. The minimum Gasteiger partial charge on any atom is -0.491 e. The van der Waals surface area contributed by atoms with E-state index in [4.69, 9.17) is 10.5 Å². The molecule has 0 aromatic heterocycles. The van der Waals surface area contributed by atoms with Gasteiger partial charge in [0.2, 0.25) is 0 Å². The highest BCUT2D eigenvalue weighted by molar-refractivity contribution is 5.51. The Morgan fingerprint density at radius 3 is 2.53 bits per heavy atom. The molecule has 84 valence electrons. The summed E-state index contributed by atoms with van der Waals surface area (Å²) in [6.45, 7) is 3.00. The maximum absolute atomic E-state index is 5.76. The summed E-state index contributed by atoms with van der Waals surface area (Å²) in [5, 5.41) is 0. The summed E-state index contributed by atoms with van der Waals surface area (Å²) in [5.74, 6) is 0.813. The lowest BCUT2D eigenvalue weighted by molar-refractivity contribution is 0.306. The second kappa shape index (κ2) is 7.16. The van der Waals surface area contributed by atoms with Crippen molar-refractivity contribution < 1.29 is 4.74 Å². The first kappa shape index (κ1) is 11.9. The molecule has 0 unspecified atom stereocenters. The lowest BCUT2D eigenvalue weighted by Gasteiger charge is -2.07. The monoisotopic (exact) mass is 207 g/mol. The van der Waals surface area contributed by atoms with Crippen LogP contribution in [0.4, 0.5) is 5.69 Å². The van der Waals surface area contributed by atoms with Crippen LogP contribution in [0.3, 0.4) is 0 Å². The number of benzene rings is 1. The number of anilines is 1. The first-order chi connectivity index (χ1) is 7.34. The zero-order chi connectivity index (χ0) is 10.9. The number of nitrogens with two attached hydrogens (primary N) is 1. The molecule has 15 heavy (non-hydrogen) atoms. The smallest absolute Gasteiger partial charge is 0.142 e. The van der Waals surface area contributed by atoms with Gasteiger partial charge in [-0.1, -0.05) is 44.7 Å². The minimum atomic E-state index is 0.728. The van der Waals surface area contributed by atoms with Gasteiger partial charge >= 0.3 is 0 Å². The minimum absolute atomic E-state index is 0.728. The van der Waals surface area contributed by atoms with E-state index in [-0.39, 0.29) is 0 Å². The maximum Gasteiger partial charge on any atom is 0.142 e. The Labute approximate surface area is 92.4 Å². The van der Waals surface area contributed by atoms with Gasteiger partial charge in [-0.3, -0.25) is 0 Å². The first-order valence-electron chi connectivity index (χ1n) is 5.82. The zero-order valence-corrected chi connectivity index (χ0v) is 9.54. The second-order valence-corrected chi connectivity index (χ2v) is 3.80. The molecule has 0 spiro atoms. The third-order valence-corrected chi connectivity index (χ3v) is 2.42. The molecule has 1 aromatic rings. The van der Waals surface area contributed by atoms with Crippen molar-refractivity contribution in [3.05, 3.63) is 24.3 Å². The Kier molecular flexibility index (Phi) is 5.67. The molecular formula is C13H21NO. The number of hydrogen-bond acceptors (Lipinski definition) is 2. The molecule has 0 saturated carbocycles. The molecule has 1 rings (SSSR count). The van der Waals surface area contributed by atoms with Crippen LogP contribution in [0.1, 0.15) is 39.0 Å². The van der Waals surface area contributed by atoms with Crippen LogP contribution in [-0.4, -0.2) is 6.61 Å². The van der Waals surface area contributed by atoms with Crippen molar-refractivity contribution in [2.24, 2.45) is 0 Å². The molecule has 0 amide bonds. The molecular weight excluding hydrogens is 186 g/mol. The van der Waals surface area contributed by atoms with E-state index in [1.807, 2.05) is 24.3 Å². The van der Waals surface area contributed by atoms with E-state index in [9.17, 15) is 0 Å². The first-order valence-corrected chi connectivity index (χ1v) is 5.82. The third kappa shape index (κ3) is 4.73. The average molecular weight is 207 g/mol. The third-order valence-electron chi connectivity index (χ3n) is 2.42. The Bertz CT molecular complexity index is 273. The molecule has 0 aliphatic carbocycles. The van der Waals surface area contributed by atoms with Gasteiger partial charge in [-0.05, 0) is 18.6 Å². The molecule has 0 bridgehead atoms. The SMILES string of the molecule is CCCCCCCOc1ccccc1N. The van der Waals surface area contributed by atoms with Crippen molar-refractivity contribution in [1.82, 2.24) is 0 Å². The fourth-order valence-electron chi connectivity index (χ4n) is 1.50. The summed E-state index contributed by atoms with van der Waals surface area (Å²) in [4.78, 5) is 0. The highest BCUT2D eigenvalue weighted by atomic mass is 16.5. The predicted octanol–water partition coefficient (Wildman–Crippen LogP) is 3.62. The molecule has 0 fully saturated rings. The van der Waals surface area contributed by atoms with Gasteiger partial charge in [0.05, 0.1) is 12.3 Å². The molecule has 1 aromatic carbocycles. The lowest BCUT2D eigenvalue weighted by Crippen LogP contribution is -1.99. The Morgan fingerprint density at radius 1 is 1.07 bits per heavy atom. The van der Waals surface area contributed by atoms with Crippen molar-refractivity contribution in [1.29, 1.82) is 0 Å². The number of rotatable bonds is 7. The number of unbranched alkanes of at least 4 members (excludes halogenated alkanes) is 4. The molecule has 0 heterocycles. The molecule has 0 radical (unpaired) electrons. The zero-order valence-electron chi connectivity index (χ0n) is 9.54. The molecule has 0 atom stereocenters. The van der Waals surface area contributed by atoms with Gasteiger partial charge in [0.25, 0.3) is 0 Å². The number of ether oxygens (including phenoxy) is 1. The molecule has 0 saturated heterocycles. The standard InChI is InChI=1S/C13H21NO/c1-2-3-4-5-8-11-15-13-10-7-6-9-12(13)14/h6-7,9-10H,2-5,8,11,14H2,1H3. The Balaban J connectivity index is 2.12. The lowest BCUT2D eigenvalue weighted by atomic mass is 10.2. The summed E-state index contributed by atoms with van der Waals surface area (Å²) in [6, 6.07) is 7.65. The number of para-hydroxylation sites is 2. The predicted molar refractivity (Wildman–Crippen MR) is 65.1 cm³/mol.